The van der Waals surface area contributed by atoms with Gasteiger partial charge in [-0.2, -0.15) is 8.75 Å². The Bertz CT molecular complexity index is 708. The Hall–Kier alpha value is -1.58. The Morgan fingerprint density at radius 3 is 2.72 bits per heavy atom. The van der Waals surface area contributed by atoms with E-state index in [2.05, 4.69) is 8.75 Å². The lowest BCUT2D eigenvalue weighted by Crippen LogP contribution is -2.37. The van der Waals surface area contributed by atoms with Crippen LogP contribution < -0.4 is 9.83 Å². The van der Waals surface area contributed by atoms with E-state index in [9.17, 15) is 18.3 Å². The molecule has 0 amide bonds. The van der Waals surface area contributed by atoms with Crippen molar-refractivity contribution < 1.29 is 18.3 Å². The van der Waals surface area contributed by atoms with Crippen LogP contribution in [0.1, 0.15) is 5.56 Å². The largest absolute Gasteiger partial charge is 0.549 e. The predicted molar refractivity (Wildman–Crippen MR) is 62.3 cm³/mol. The summed E-state index contributed by atoms with van der Waals surface area (Å²) < 4.78 is 33.6. The number of aryl methyl sites for hydroxylation is 1. The molecule has 0 unspecified atom stereocenters. The van der Waals surface area contributed by atoms with Gasteiger partial charge in [0.15, 0.2) is 0 Å². The first-order valence-corrected chi connectivity index (χ1v) is 7.04. The highest BCUT2D eigenvalue weighted by Crippen LogP contribution is 2.23. The minimum absolute atomic E-state index is 0.0851. The maximum absolute atomic E-state index is 11.9. The van der Waals surface area contributed by atoms with E-state index in [0.717, 1.165) is 17.3 Å². The van der Waals surface area contributed by atoms with Crippen molar-refractivity contribution in [2.75, 3.05) is 6.54 Å². The fourth-order valence-electron chi connectivity index (χ4n) is 1.42. The first-order valence-electron chi connectivity index (χ1n) is 4.83. The second-order valence-electron chi connectivity index (χ2n) is 3.54. The molecule has 1 aromatic carbocycles. The van der Waals surface area contributed by atoms with Crippen molar-refractivity contribution in [3.63, 3.8) is 0 Å². The summed E-state index contributed by atoms with van der Waals surface area (Å²) in [6.45, 7) is 1.00. The smallest absolute Gasteiger partial charge is 0.243 e. The van der Waals surface area contributed by atoms with Gasteiger partial charge in [0.25, 0.3) is 0 Å². The van der Waals surface area contributed by atoms with E-state index >= 15 is 0 Å². The van der Waals surface area contributed by atoms with Gasteiger partial charge in [-0.15, -0.1) is 0 Å². The van der Waals surface area contributed by atoms with Crippen LogP contribution in [0, 0.1) is 6.92 Å². The quantitative estimate of drug-likeness (QED) is 0.773. The zero-order valence-electron chi connectivity index (χ0n) is 9.21. The van der Waals surface area contributed by atoms with E-state index in [0.29, 0.717) is 5.52 Å². The third-order valence-electron chi connectivity index (χ3n) is 2.28. The molecule has 1 heterocycles. The maximum Gasteiger partial charge on any atom is 0.243 e. The Balaban J connectivity index is 2.51. The van der Waals surface area contributed by atoms with E-state index in [1.807, 2.05) is 4.72 Å². The number of carbonyl (C=O) groups is 1. The third-order valence-corrected chi connectivity index (χ3v) is 4.24. The second-order valence-corrected chi connectivity index (χ2v) is 5.80. The van der Waals surface area contributed by atoms with Gasteiger partial charge in [-0.1, -0.05) is 6.07 Å². The second kappa shape index (κ2) is 4.59. The number of nitrogens with one attached hydrogen (secondary N) is 1. The number of carboxylic acid groups (broad SMARTS) is 1. The zero-order chi connectivity index (χ0) is 13.3. The Morgan fingerprint density at radius 1 is 1.39 bits per heavy atom. The summed E-state index contributed by atoms with van der Waals surface area (Å²) in [5.74, 6) is -1.50. The normalized spacial score (nSPS) is 11.8. The maximum atomic E-state index is 11.9. The lowest BCUT2D eigenvalue weighted by Gasteiger charge is -2.08. The highest BCUT2D eigenvalue weighted by Gasteiger charge is 2.20. The van der Waals surface area contributed by atoms with Gasteiger partial charge in [-0.05, 0) is 18.6 Å². The number of aromatic nitrogens is 2. The lowest BCUT2D eigenvalue weighted by molar-refractivity contribution is -0.303. The number of sulfonamides is 1. The molecule has 2 rings (SSSR count). The van der Waals surface area contributed by atoms with E-state index in [1.165, 1.54) is 6.07 Å². The van der Waals surface area contributed by atoms with Gasteiger partial charge >= 0.3 is 0 Å². The predicted octanol–water partition coefficient (Wildman–Crippen LogP) is -0.972. The molecule has 0 aliphatic rings. The molecular weight excluding hydrogens is 278 g/mol. The molecule has 0 aliphatic heterocycles. The van der Waals surface area contributed by atoms with Crippen LogP contribution in [0.3, 0.4) is 0 Å². The van der Waals surface area contributed by atoms with Gasteiger partial charge in [-0.25, -0.2) is 13.1 Å². The number of aliphatic carboxylic acids is 1. The van der Waals surface area contributed by atoms with Gasteiger partial charge in [0.2, 0.25) is 10.0 Å². The SMILES string of the molecule is Cc1ccc(S(=O)(=O)NCC(=O)[O-])c2nsnc12. The number of benzene rings is 1. The number of nitrogens with zero attached hydrogens (tertiary/aromatic N) is 2. The molecule has 2 aromatic rings. The summed E-state index contributed by atoms with van der Waals surface area (Å²) in [4.78, 5) is 10.2. The van der Waals surface area contributed by atoms with Crippen molar-refractivity contribution in [3.8, 4) is 0 Å². The molecule has 1 N–H and O–H groups in total. The third kappa shape index (κ3) is 2.33. The van der Waals surface area contributed by atoms with Crippen LogP contribution in [0.2, 0.25) is 0 Å². The fraction of sp³-hybridized carbons (Fsp3) is 0.222. The van der Waals surface area contributed by atoms with Crippen LogP contribution in [0.15, 0.2) is 17.0 Å². The summed E-state index contributed by atoms with van der Waals surface area (Å²) in [6, 6.07) is 2.97. The minimum atomic E-state index is -3.94. The molecule has 0 radical (unpaired) electrons. The number of carboxylic acids is 1. The monoisotopic (exact) mass is 286 g/mol. The summed E-state index contributed by atoms with van der Waals surface area (Å²) in [5, 5.41) is 10.3. The fourth-order valence-corrected chi connectivity index (χ4v) is 3.20. The molecule has 0 spiro atoms. The lowest BCUT2D eigenvalue weighted by atomic mass is 10.2. The Labute approximate surface area is 107 Å². The van der Waals surface area contributed by atoms with Crippen molar-refractivity contribution >= 4 is 38.8 Å². The average molecular weight is 286 g/mol. The number of rotatable bonds is 4. The van der Waals surface area contributed by atoms with Crippen LogP contribution in [0.25, 0.3) is 11.0 Å². The molecule has 0 saturated heterocycles. The summed E-state index contributed by atoms with van der Waals surface area (Å²) in [7, 11) is -3.94. The van der Waals surface area contributed by atoms with Crippen LogP contribution in [0.5, 0.6) is 0 Å². The van der Waals surface area contributed by atoms with E-state index in [1.54, 1.807) is 13.0 Å². The summed E-state index contributed by atoms with van der Waals surface area (Å²) >= 11 is 0.901. The Morgan fingerprint density at radius 2 is 2.06 bits per heavy atom. The molecule has 9 heteroatoms. The van der Waals surface area contributed by atoms with Crippen molar-refractivity contribution in [2.45, 2.75) is 11.8 Å². The van der Waals surface area contributed by atoms with Gasteiger partial charge < -0.3 is 9.90 Å². The average Bonchev–Trinajstić information content (AvgIpc) is 2.76. The van der Waals surface area contributed by atoms with Gasteiger partial charge in [0, 0.05) is 0 Å². The van der Waals surface area contributed by atoms with Gasteiger partial charge in [0.1, 0.15) is 15.9 Å². The standard InChI is InChI=1S/C9H9N3O4S2/c1-5-2-3-6(9-8(5)11-17-12-9)18(15,16)10-4-7(13)14/h2-3,10H,4H2,1H3,(H,13,14)/p-1. The van der Waals surface area contributed by atoms with E-state index < -0.39 is 22.5 Å². The molecule has 0 atom stereocenters. The van der Waals surface area contributed by atoms with E-state index in [-0.39, 0.29) is 10.4 Å². The molecule has 0 fully saturated rings. The van der Waals surface area contributed by atoms with Gasteiger partial charge in [-0.3, -0.25) is 0 Å². The highest BCUT2D eigenvalue weighted by molar-refractivity contribution is 7.89. The van der Waals surface area contributed by atoms with Crippen LogP contribution in [-0.4, -0.2) is 29.7 Å². The molecule has 0 aliphatic carbocycles. The number of fused-ring (bicyclic) bond motifs is 1. The molecule has 0 bridgehead atoms. The molecule has 7 nitrogen and oxygen atoms in total. The Kier molecular flexibility index (Phi) is 3.28. The van der Waals surface area contributed by atoms with Crippen LogP contribution in [0.4, 0.5) is 0 Å². The number of hydrogen-bond donors (Lipinski definition) is 1. The molecule has 96 valence electrons. The number of carbonyl (C=O) groups excluding carboxylic acids is 1. The molecule has 1 aromatic heterocycles. The van der Waals surface area contributed by atoms with Crippen molar-refractivity contribution in [2.24, 2.45) is 0 Å². The summed E-state index contributed by atoms with van der Waals surface area (Å²) in [6.07, 6.45) is 0. The topological polar surface area (TPSA) is 112 Å². The number of hydrogen-bond acceptors (Lipinski definition) is 7. The van der Waals surface area contributed by atoms with Crippen LogP contribution in [-0.2, 0) is 14.8 Å². The van der Waals surface area contributed by atoms with Crippen molar-refractivity contribution in [3.05, 3.63) is 17.7 Å². The van der Waals surface area contributed by atoms with Crippen LogP contribution >= 0.6 is 11.7 Å². The first kappa shape index (κ1) is 12.9. The van der Waals surface area contributed by atoms with E-state index in [4.69, 9.17) is 0 Å². The zero-order valence-corrected chi connectivity index (χ0v) is 10.8. The minimum Gasteiger partial charge on any atom is -0.549 e. The van der Waals surface area contributed by atoms with Crippen molar-refractivity contribution in [1.82, 2.24) is 13.5 Å². The van der Waals surface area contributed by atoms with Gasteiger partial charge in [0.05, 0.1) is 24.2 Å². The highest BCUT2D eigenvalue weighted by atomic mass is 32.2. The molecule has 18 heavy (non-hydrogen) atoms. The summed E-state index contributed by atoms with van der Waals surface area (Å²) in [5.41, 5.74) is 1.54. The van der Waals surface area contributed by atoms with Crippen molar-refractivity contribution in [1.29, 1.82) is 0 Å². The molecule has 0 saturated carbocycles. The first-order chi connectivity index (χ1) is 8.42. The molecular formula is C9H8N3O4S2-.